The highest BCUT2D eigenvalue weighted by molar-refractivity contribution is 6.05. The Labute approximate surface area is 157 Å². The Morgan fingerprint density at radius 3 is 2.56 bits per heavy atom. The molecule has 0 saturated carbocycles. The predicted octanol–water partition coefficient (Wildman–Crippen LogP) is 2.13. The smallest absolute Gasteiger partial charge is 0.337 e. The number of hydrogen-bond donors (Lipinski definition) is 1. The normalized spacial score (nSPS) is 16.3. The summed E-state index contributed by atoms with van der Waals surface area (Å²) in [5, 5.41) is 11.9. The van der Waals surface area contributed by atoms with Gasteiger partial charge in [-0.25, -0.2) is 4.79 Å². The van der Waals surface area contributed by atoms with Gasteiger partial charge in [0.15, 0.2) is 12.1 Å². The topological polar surface area (TPSA) is 105 Å². The first-order valence-electron chi connectivity index (χ1n) is 8.32. The van der Waals surface area contributed by atoms with Crippen molar-refractivity contribution < 1.29 is 23.9 Å². The van der Waals surface area contributed by atoms with Crippen molar-refractivity contribution in [2.75, 3.05) is 13.7 Å². The van der Waals surface area contributed by atoms with E-state index in [1.165, 1.54) is 20.1 Å². The average molecular weight is 368 g/mol. The lowest BCUT2D eigenvalue weighted by atomic mass is 9.78. The van der Waals surface area contributed by atoms with Crippen LogP contribution in [0.1, 0.15) is 37.8 Å². The van der Waals surface area contributed by atoms with Crippen molar-refractivity contribution in [2.45, 2.75) is 26.7 Å². The molecule has 0 saturated heterocycles. The van der Waals surface area contributed by atoms with Crippen molar-refractivity contribution in [1.82, 2.24) is 5.32 Å². The third-order valence-electron chi connectivity index (χ3n) is 4.26. The fourth-order valence-corrected chi connectivity index (χ4v) is 3.18. The minimum absolute atomic E-state index is 0.0330. The summed E-state index contributed by atoms with van der Waals surface area (Å²) in [5.41, 5.74) is 1.72. The molecule has 1 aliphatic heterocycles. The highest BCUT2D eigenvalue weighted by Crippen LogP contribution is 2.42. The van der Waals surface area contributed by atoms with Gasteiger partial charge in [0, 0.05) is 16.8 Å². The number of carbonyl (C=O) groups is 3. The summed E-state index contributed by atoms with van der Waals surface area (Å²) in [5.74, 6) is -1.48. The van der Waals surface area contributed by atoms with Gasteiger partial charge in [-0.15, -0.1) is 0 Å². The van der Waals surface area contributed by atoms with E-state index in [0.29, 0.717) is 34.4 Å². The van der Waals surface area contributed by atoms with Gasteiger partial charge < -0.3 is 14.8 Å². The number of hydrogen-bond acceptors (Lipinski definition) is 7. The average Bonchev–Trinajstić information content (AvgIpc) is 2.66. The molecule has 1 N–H and O–H groups in total. The van der Waals surface area contributed by atoms with Gasteiger partial charge in [-0.1, -0.05) is 6.07 Å². The molecule has 1 aliphatic rings. The lowest BCUT2D eigenvalue weighted by Crippen LogP contribution is -2.33. The van der Waals surface area contributed by atoms with E-state index in [2.05, 4.69) is 5.32 Å². The second-order valence-corrected chi connectivity index (χ2v) is 5.89. The zero-order valence-electron chi connectivity index (χ0n) is 15.6. The molecular formula is C20H20N2O5. The molecule has 0 radical (unpaired) electrons. The molecular weight excluding hydrogens is 348 g/mol. The number of rotatable bonds is 6. The van der Waals surface area contributed by atoms with E-state index in [1.54, 1.807) is 26.0 Å². The fraction of sp³-hybridized carbons (Fsp3) is 0.300. The first kappa shape index (κ1) is 19.9. The van der Waals surface area contributed by atoms with Crippen LogP contribution in [0.15, 0.2) is 40.7 Å². The summed E-state index contributed by atoms with van der Waals surface area (Å²) in [6.45, 7) is 4.81. The van der Waals surface area contributed by atoms with Crippen molar-refractivity contribution in [3.63, 3.8) is 0 Å². The van der Waals surface area contributed by atoms with Crippen LogP contribution in [0.25, 0.3) is 0 Å². The molecule has 140 valence electrons. The minimum atomic E-state index is -0.856. The maximum atomic E-state index is 12.6. The maximum Gasteiger partial charge on any atom is 0.337 e. The Balaban J connectivity index is 2.82. The minimum Gasteiger partial charge on any atom is -0.496 e. The zero-order valence-corrected chi connectivity index (χ0v) is 15.6. The number of ether oxygens (including phenoxy) is 2. The quantitative estimate of drug-likeness (QED) is 0.606. The first-order chi connectivity index (χ1) is 12.9. The van der Waals surface area contributed by atoms with Gasteiger partial charge in [0.1, 0.15) is 5.75 Å². The van der Waals surface area contributed by atoms with Gasteiger partial charge >= 0.3 is 5.97 Å². The second kappa shape index (κ2) is 8.32. The van der Waals surface area contributed by atoms with Crippen LogP contribution in [0.5, 0.6) is 5.75 Å². The Hall–Kier alpha value is -3.40. The van der Waals surface area contributed by atoms with Crippen molar-refractivity contribution >= 4 is 18.0 Å². The number of nitrogens with zero attached hydrogens (tertiary/aromatic N) is 1. The Kier molecular flexibility index (Phi) is 6.14. The van der Waals surface area contributed by atoms with Crippen LogP contribution < -0.4 is 10.1 Å². The summed E-state index contributed by atoms with van der Waals surface area (Å²) in [4.78, 5) is 36.6. The number of methoxy groups -OCH3 is 1. The van der Waals surface area contributed by atoms with Crippen molar-refractivity contribution in [1.29, 1.82) is 5.26 Å². The van der Waals surface area contributed by atoms with Crippen molar-refractivity contribution in [2.24, 2.45) is 0 Å². The van der Waals surface area contributed by atoms with E-state index >= 15 is 0 Å². The Morgan fingerprint density at radius 1 is 1.33 bits per heavy atom. The van der Waals surface area contributed by atoms with Crippen LogP contribution in [0.3, 0.4) is 0 Å². The van der Waals surface area contributed by atoms with Crippen LogP contribution in [-0.2, 0) is 19.1 Å². The van der Waals surface area contributed by atoms with Crippen molar-refractivity contribution in [3.8, 4) is 11.8 Å². The monoisotopic (exact) mass is 368 g/mol. The molecule has 0 amide bonds. The van der Waals surface area contributed by atoms with E-state index in [1.807, 2.05) is 6.07 Å². The molecule has 1 unspecified atom stereocenters. The molecule has 0 aliphatic carbocycles. The molecule has 1 atom stereocenters. The van der Waals surface area contributed by atoms with Crippen LogP contribution in [-0.4, -0.2) is 31.8 Å². The second-order valence-electron chi connectivity index (χ2n) is 5.89. The highest BCUT2D eigenvalue weighted by atomic mass is 16.5. The number of nitrogens with one attached hydrogen (secondary N) is 1. The standard InChI is InChI=1S/C20H20N2O5/c1-5-27-20(25)19-15(10-23)22-11(2)17(12(3)24)18(19)14-7-6-13(9-21)8-16(14)26-4/h6-8,10,18,22H,5H2,1-4H3. The number of benzene rings is 1. The summed E-state index contributed by atoms with van der Waals surface area (Å²) >= 11 is 0. The molecule has 1 aromatic rings. The maximum absolute atomic E-state index is 12.6. The number of ketones is 1. The number of aldehydes is 1. The molecule has 1 aromatic carbocycles. The van der Waals surface area contributed by atoms with Crippen LogP contribution in [0.4, 0.5) is 0 Å². The number of allylic oxidation sites excluding steroid dienone is 3. The number of Topliss-reactive ketones (excluding diaryl/α,β-unsaturated/α-hetero) is 1. The molecule has 7 nitrogen and oxygen atoms in total. The van der Waals surface area contributed by atoms with E-state index in [4.69, 9.17) is 14.7 Å². The van der Waals surface area contributed by atoms with Crippen LogP contribution in [0.2, 0.25) is 0 Å². The highest BCUT2D eigenvalue weighted by Gasteiger charge is 2.38. The van der Waals surface area contributed by atoms with Gasteiger partial charge in [-0.2, -0.15) is 5.26 Å². The van der Waals surface area contributed by atoms with Gasteiger partial charge in [0.2, 0.25) is 0 Å². The molecule has 2 rings (SSSR count). The first-order valence-corrected chi connectivity index (χ1v) is 8.32. The summed E-state index contributed by atoms with van der Waals surface area (Å²) in [6.07, 6.45) is 0.524. The third kappa shape index (κ3) is 3.75. The predicted molar refractivity (Wildman–Crippen MR) is 96.7 cm³/mol. The Morgan fingerprint density at radius 2 is 2.04 bits per heavy atom. The van der Waals surface area contributed by atoms with Gasteiger partial charge in [-0.3, -0.25) is 9.59 Å². The van der Waals surface area contributed by atoms with E-state index in [0.717, 1.165) is 0 Å². The van der Waals surface area contributed by atoms with Crippen LogP contribution in [0, 0.1) is 11.3 Å². The number of esters is 1. The molecule has 0 aromatic heterocycles. The van der Waals surface area contributed by atoms with E-state index in [9.17, 15) is 14.4 Å². The number of carbonyl (C=O) groups excluding carboxylic acids is 3. The lowest BCUT2D eigenvalue weighted by molar-refractivity contribution is -0.139. The van der Waals surface area contributed by atoms with Gasteiger partial charge in [0.05, 0.1) is 42.5 Å². The zero-order chi connectivity index (χ0) is 20.1. The Bertz CT molecular complexity index is 905. The number of nitriles is 1. The molecule has 0 fully saturated rings. The van der Waals surface area contributed by atoms with E-state index < -0.39 is 11.9 Å². The van der Waals surface area contributed by atoms with Gasteiger partial charge in [0.25, 0.3) is 0 Å². The lowest BCUT2D eigenvalue weighted by Gasteiger charge is -2.30. The fourth-order valence-electron chi connectivity index (χ4n) is 3.18. The van der Waals surface area contributed by atoms with Crippen LogP contribution >= 0.6 is 0 Å². The third-order valence-corrected chi connectivity index (χ3v) is 4.26. The summed E-state index contributed by atoms with van der Waals surface area (Å²) in [6, 6.07) is 6.72. The molecule has 7 heteroatoms. The molecule has 0 spiro atoms. The molecule has 27 heavy (non-hydrogen) atoms. The van der Waals surface area contributed by atoms with Gasteiger partial charge in [-0.05, 0) is 32.9 Å². The molecule has 0 bridgehead atoms. The summed E-state index contributed by atoms with van der Waals surface area (Å²) in [7, 11) is 1.43. The largest absolute Gasteiger partial charge is 0.496 e. The molecule has 1 heterocycles. The number of dihydropyridines is 1. The summed E-state index contributed by atoms with van der Waals surface area (Å²) < 4.78 is 10.5. The SMILES string of the molecule is CCOC(=O)C1=C(C=O)NC(C)=C(C(C)=O)C1c1ccc(C#N)cc1OC. The van der Waals surface area contributed by atoms with Crippen molar-refractivity contribution in [3.05, 3.63) is 51.9 Å². The van der Waals surface area contributed by atoms with E-state index in [-0.39, 0.29) is 23.7 Å².